The normalized spacial score (nSPS) is 13.4. The SMILES string of the molecule is CCCNC(C)/C(C)=C/c1ccc(-c2ccc(Br)cc2)s1. The zero-order chi connectivity index (χ0) is 15.2. The fourth-order valence-electron chi connectivity index (χ4n) is 2.07. The second kappa shape index (κ2) is 7.92. The van der Waals surface area contributed by atoms with Crippen LogP contribution in [0, 0.1) is 0 Å². The summed E-state index contributed by atoms with van der Waals surface area (Å²) in [5, 5.41) is 3.53. The van der Waals surface area contributed by atoms with Crippen LogP contribution in [-0.2, 0) is 0 Å². The first kappa shape index (κ1) is 16.5. The van der Waals surface area contributed by atoms with Crippen LogP contribution in [0.5, 0.6) is 0 Å². The van der Waals surface area contributed by atoms with Gasteiger partial charge >= 0.3 is 0 Å². The van der Waals surface area contributed by atoms with Crippen molar-refractivity contribution < 1.29 is 0 Å². The third-order valence-corrected chi connectivity index (χ3v) is 5.12. The molecule has 1 aromatic heterocycles. The standard InChI is InChI=1S/C18H22BrNS/c1-4-11-20-14(3)13(2)12-17-9-10-18(21-17)15-5-7-16(19)8-6-15/h5-10,12,14,20H,4,11H2,1-3H3/b13-12+. The summed E-state index contributed by atoms with van der Waals surface area (Å²) >= 11 is 5.32. The van der Waals surface area contributed by atoms with Crippen molar-refractivity contribution in [1.82, 2.24) is 5.32 Å². The lowest BCUT2D eigenvalue weighted by Crippen LogP contribution is -2.27. The molecule has 1 unspecified atom stereocenters. The number of halogens is 1. The first-order chi connectivity index (χ1) is 10.1. The maximum Gasteiger partial charge on any atom is 0.0349 e. The van der Waals surface area contributed by atoms with Gasteiger partial charge in [0.05, 0.1) is 0 Å². The molecule has 0 saturated heterocycles. The molecule has 1 atom stereocenters. The predicted molar refractivity (Wildman–Crippen MR) is 98.9 cm³/mol. The van der Waals surface area contributed by atoms with Crippen LogP contribution in [0.4, 0.5) is 0 Å². The molecule has 2 rings (SSSR count). The minimum absolute atomic E-state index is 0.434. The molecule has 0 aliphatic carbocycles. The lowest BCUT2D eigenvalue weighted by atomic mass is 10.1. The topological polar surface area (TPSA) is 12.0 Å². The third-order valence-electron chi connectivity index (χ3n) is 3.51. The monoisotopic (exact) mass is 363 g/mol. The number of hydrogen-bond acceptors (Lipinski definition) is 2. The highest BCUT2D eigenvalue weighted by Crippen LogP contribution is 2.30. The second-order valence-electron chi connectivity index (χ2n) is 5.27. The van der Waals surface area contributed by atoms with Gasteiger partial charge in [0, 0.05) is 20.3 Å². The summed E-state index contributed by atoms with van der Waals surface area (Å²) in [5.41, 5.74) is 2.66. The molecular formula is C18H22BrNS. The summed E-state index contributed by atoms with van der Waals surface area (Å²) < 4.78 is 1.12. The lowest BCUT2D eigenvalue weighted by Gasteiger charge is -2.13. The van der Waals surface area contributed by atoms with Gasteiger partial charge in [-0.1, -0.05) is 40.6 Å². The predicted octanol–water partition coefficient (Wildman–Crippen LogP) is 5.97. The Hall–Kier alpha value is -0.900. The molecule has 3 heteroatoms. The van der Waals surface area contributed by atoms with E-state index in [1.54, 1.807) is 0 Å². The average Bonchev–Trinajstić information content (AvgIpc) is 2.93. The molecule has 1 nitrogen and oxygen atoms in total. The van der Waals surface area contributed by atoms with Gasteiger partial charge < -0.3 is 5.32 Å². The van der Waals surface area contributed by atoms with Gasteiger partial charge in [-0.25, -0.2) is 0 Å². The minimum Gasteiger partial charge on any atom is -0.311 e. The van der Waals surface area contributed by atoms with E-state index >= 15 is 0 Å². The Bertz CT molecular complexity index is 598. The van der Waals surface area contributed by atoms with E-state index in [1.807, 2.05) is 11.3 Å². The fourth-order valence-corrected chi connectivity index (χ4v) is 3.36. The van der Waals surface area contributed by atoms with E-state index in [0.29, 0.717) is 6.04 Å². The second-order valence-corrected chi connectivity index (χ2v) is 7.30. The van der Waals surface area contributed by atoms with E-state index in [2.05, 4.69) is 84.5 Å². The van der Waals surface area contributed by atoms with Crippen LogP contribution >= 0.6 is 27.3 Å². The van der Waals surface area contributed by atoms with Crippen molar-refractivity contribution in [3.8, 4) is 10.4 Å². The Morgan fingerprint density at radius 1 is 1.24 bits per heavy atom. The summed E-state index contributed by atoms with van der Waals surface area (Å²) in [5.74, 6) is 0. The number of nitrogens with one attached hydrogen (secondary N) is 1. The van der Waals surface area contributed by atoms with Crippen LogP contribution < -0.4 is 5.32 Å². The molecule has 0 aliphatic heterocycles. The maximum absolute atomic E-state index is 3.53. The Morgan fingerprint density at radius 2 is 1.95 bits per heavy atom. The number of rotatable bonds is 6. The van der Waals surface area contributed by atoms with Crippen molar-refractivity contribution in [3.05, 3.63) is 51.3 Å². The number of hydrogen-bond donors (Lipinski definition) is 1. The Balaban J connectivity index is 2.10. The van der Waals surface area contributed by atoms with Gasteiger partial charge in [0.1, 0.15) is 0 Å². The molecule has 0 amide bonds. The van der Waals surface area contributed by atoms with Crippen molar-refractivity contribution in [2.75, 3.05) is 6.54 Å². The molecule has 112 valence electrons. The summed E-state index contributed by atoms with van der Waals surface area (Å²) in [6.07, 6.45) is 3.46. The lowest BCUT2D eigenvalue weighted by molar-refractivity contribution is 0.604. The van der Waals surface area contributed by atoms with Gasteiger partial charge in [-0.15, -0.1) is 11.3 Å². The van der Waals surface area contributed by atoms with Crippen LogP contribution in [0.1, 0.15) is 32.1 Å². The van der Waals surface area contributed by atoms with Gasteiger partial charge in [-0.3, -0.25) is 0 Å². The van der Waals surface area contributed by atoms with Crippen molar-refractivity contribution in [2.45, 2.75) is 33.2 Å². The van der Waals surface area contributed by atoms with Crippen LogP contribution in [0.3, 0.4) is 0 Å². The highest BCUT2D eigenvalue weighted by Gasteiger charge is 2.05. The van der Waals surface area contributed by atoms with Gasteiger partial charge in [0.2, 0.25) is 0 Å². The van der Waals surface area contributed by atoms with Gasteiger partial charge in [0.25, 0.3) is 0 Å². The van der Waals surface area contributed by atoms with E-state index in [0.717, 1.165) is 11.0 Å². The summed E-state index contributed by atoms with van der Waals surface area (Å²) in [6.45, 7) is 7.69. The van der Waals surface area contributed by atoms with Crippen LogP contribution in [0.25, 0.3) is 16.5 Å². The Morgan fingerprint density at radius 3 is 2.62 bits per heavy atom. The molecule has 0 radical (unpaired) electrons. The highest BCUT2D eigenvalue weighted by atomic mass is 79.9. The smallest absolute Gasteiger partial charge is 0.0349 e. The zero-order valence-corrected chi connectivity index (χ0v) is 15.2. The van der Waals surface area contributed by atoms with Crippen molar-refractivity contribution in [3.63, 3.8) is 0 Å². The Labute approximate surface area is 140 Å². The summed E-state index contributed by atoms with van der Waals surface area (Å²) in [6, 6.07) is 13.3. The molecule has 0 bridgehead atoms. The third kappa shape index (κ3) is 4.80. The van der Waals surface area contributed by atoms with E-state index in [1.165, 1.54) is 27.3 Å². The molecule has 0 aliphatic rings. The molecule has 2 aromatic rings. The molecule has 0 saturated carbocycles. The first-order valence-electron chi connectivity index (χ1n) is 7.37. The number of benzene rings is 1. The molecule has 0 spiro atoms. The van der Waals surface area contributed by atoms with Crippen LogP contribution in [-0.4, -0.2) is 12.6 Å². The zero-order valence-electron chi connectivity index (χ0n) is 12.8. The van der Waals surface area contributed by atoms with Crippen molar-refractivity contribution >= 4 is 33.3 Å². The van der Waals surface area contributed by atoms with Gasteiger partial charge in [0.15, 0.2) is 0 Å². The number of thiophene rings is 1. The molecule has 1 N–H and O–H groups in total. The largest absolute Gasteiger partial charge is 0.311 e. The molecule has 1 heterocycles. The fraction of sp³-hybridized carbons (Fsp3) is 0.333. The molecule has 1 aromatic carbocycles. The Kier molecular flexibility index (Phi) is 6.22. The minimum atomic E-state index is 0.434. The van der Waals surface area contributed by atoms with Gasteiger partial charge in [-0.2, -0.15) is 0 Å². The molecular weight excluding hydrogens is 342 g/mol. The summed E-state index contributed by atoms with van der Waals surface area (Å²) in [7, 11) is 0. The summed E-state index contributed by atoms with van der Waals surface area (Å²) in [4.78, 5) is 2.63. The van der Waals surface area contributed by atoms with E-state index < -0.39 is 0 Å². The van der Waals surface area contributed by atoms with Gasteiger partial charge in [-0.05, 0) is 62.7 Å². The highest BCUT2D eigenvalue weighted by molar-refractivity contribution is 9.10. The van der Waals surface area contributed by atoms with E-state index in [-0.39, 0.29) is 0 Å². The van der Waals surface area contributed by atoms with Crippen LogP contribution in [0.15, 0.2) is 46.4 Å². The van der Waals surface area contributed by atoms with Crippen LogP contribution in [0.2, 0.25) is 0 Å². The van der Waals surface area contributed by atoms with E-state index in [4.69, 9.17) is 0 Å². The average molecular weight is 364 g/mol. The quantitative estimate of drug-likeness (QED) is 0.666. The molecule has 21 heavy (non-hydrogen) atoms. The van der Waals surface area contributed by atoms with E-state index in [9.17, 15) is 0 Å². The maximum atomic E-state index is 3.53. The molecule has 0 fully saturated rings. The first-order valence-corrected chi connectivity index (χ1v) is 8.98. The van der Waals surface area contributed by atoms with Crippen molar-refractivity contribution in [1.29, 1.82) is 0 Å². The van der Waals surface area contributed by atoms with Crippen molar-refractivity contribution in [2.24, 2.45) is 0 Å².